The molecule has 1 aromatic carbocycles. The Balaban J connectivity index is 1.47. The van der Waals surface area contributed by atoms with Crippen LogP contribution >= 0.6 is 0 Å². The molecule has 1 amide bonds. The zero-order valence-electron chi connectivity index (χ0n) is 15.8. The molecule has 1 fully saturated rings. The normalized spacial score (nSPS) is 21.6. The van der Waals surface area contributed by atoms with Gasteiger partial charge in [0.2, 0.25) is 0 Å². The van der Waals surface area contributed by atoms with E-state index in [-0.39, 0.29) is 23.1 Å². The Labute approximate surface area is 165 Å². The molecule has 3 heterocycles. The number of hydrogen-bond donors (Lipinski definition) is 1. The molecule has 3 aliphatic heterocycles. The Morgan fingerprint density at radius 2 is 1.86 bits per heavy atom. The van der Waals surface area contributed by atoms with E-state index < -0.39 is 10.0 Å². The van der Waals surface area contributed by atoms with E-state index in [0.29, 0.717) is 12.2 Å². The van der Waals surface area contributed by atoms with Crippen molar-refractivity contribution in [2.75, 3.05) is 35.6 Å². The first-order valence-corrected chi connectivity index (χ1v) is 11.2. The van der Waals surface area contributed by atoms with Gasteiger partial charge >= 0.3 is 0 Å². The van der Waals surface area contributed by atoms with Crippen LogP contribution in [0.15, 0.2) is 52.6 Å². The molecule has 8 heteroatoms. The minimum Gasteiger partial charge on any atom is -0.372 e. The van der Waals surface area contributed by atoms with E-state index >= 15 is 0 Å². The molecule has 3 aliphatic rings. The highest BCUT2D eigenvalue weighted by atomic mass is 32.2. The number of allylic oxidation sites excluding steroid dienone is 2. The van der Waals surface area contributed by atoms with Crippen molar-refractivity contribution in [3.63, 3.8) is 0 Å². The Bertz CT molecular complexity index is 956. The fourth-order valence-electron chi connectivity index (χ4n) is 3.61. The van der Waals surface area contributed by atoms with Crippen LogP contribution in [-0.4, -0.2) is 50.4 Å². The van der Waals surface area contributed by atoms with Crippen LogP contribution in [0.3, 0.4) is 0 Å². The number of hydrogen-bond acceptors (Lipinski definition) is 5. The van der Waals surface area contributed by atoms with E-state index in [1.54, 1.807) is 23.3 Å². The van der Waals surface area contributed by atoms with Crippen LogP contribution in [0.25, 0.3) is 0 Å². The molecule has 1 saturated heterocycles. The highest BCUT2D eigenvalue weighted by Gasteiger charge is 2.30. The predicted octanol–water partition coefficient (Wildman–Crippen LogP) is 2.36. The van der Waals surface area contributed by atoms with Gasteiger partial charge in [-0.1, -0.05) is 6.92 Å². The molecule has 28 heavy (non-hydrogen) atoms. The fourth-order valence-corrected chi connectivity index (χ4v) is 4.60. The molecule has 0 radical (unpaired) electrons. The largest absolute Gasteiger partial charge is 0.372 e. The third-order valence-electron chi connectivity index (χ3n) is 5.38. The van der Waals surface area contributed by atoms with Crippen LogP contribution in [0.5, 0.6) is 0 Å². The maximum Gasteiger partial charge on any atom is 0.259 e. The SMILES string of the molecule is CC1CCN(c2ccc(NC(=O)C3=CC=CN4CCS(=O)(=O)N=C34)cc2)CC1. The maximum absolute atomic E-state index is 12.7. The Morgan fingerprint density at radius 3 is 2.57 bits per heavy atom. The molecule has 1 N–H and O–H groups in total. The third kappa shape index (κ3) is 3.96. The van der Waals surface area contributed by atoms with Gasteiger partial charge in [0.05, 0.1) is 11.3 Å². The molecule has 148 valence electrons. The average Bonchev–Trinajstić information content (AvgIpc) is 2.68. The van der Waals surface area contributed by atoms with Crippen LogP contribution in [0.2, 0.25) is 0 Å². The van der Waals surface area contributed by atoms with E-state index in [1.807, 2.05) is 24.3 Å². The van der Waals surface area contributed by atoms with Crippen molar-refractivity contribution in [2.24, 2.45) is 10.3 Å². The Kier molecular flexibility index (Phi) is 4.97. The summed E-state index contributed by atoms with van der Waals surface area (Å²) >= 11 is 0. The lowest BCUT2D eigenvalue weighted by Gasteiger charge is -2.32. The van der Waals surface area contributed by atoms with E-state index in [9.17, 15) is 13.2 Å². The van der Waals surface area contributed by atoms with Gasteiger partial charge < -0.3 is 15.1 Å². The number of sulfonamides is 1. The van der Waals surface area contributed by atoms with Gasteiger partial charge in [0.15, 0.2) is 5.84 Å². The second-order valence-corrected chi connectivity index (χ2v) is 9.24. The number of fused-ring (bicyclic) bond motifs is 1. The first-order chi connectivity index (χ1) is 13.4. The van der Waals surface area contributed by atoms with Crippen molar-refractivity contribution < 1.29 is 13.2 Å². The zero-order chi connectivity index (χ0) is 19.7. The second kappa shape index (κ2) is 7.43. The highest BCUT2D eigenvalue weighted by Crippen LogP contribution is 2.25. The summed E-state index contributed by atoms with van der Waals surface area (Å²) in [6.07, 6.45) is 7.45. The predicted molar refractivity (Wildman–Crippen MR) is 111 cm³/mol. The Morgan fingerprint density at radius 1 is 1.14 bits per heavy atom. The summed E-state index contributed by atoms with van der Waals surface area (Å²) in [7, 11) is -3.53. The Hall–Kier alpha value is -2.61. The number of carbonyl (C=O) groups excluding carboxylic acids is 1. The average molecular weight is 401 g/mol. The van der Waals surface area contributed by atoms with Gasteiger partial charge in [-0.15, -0.1) is 4.40 Å². The number of anilines is 2. The number of carbonyl (C=O) groups is 1. The number of amidine groups is 1. The number of rotatable bonds is 3. The van der Waals surface area contributed by atoms with E-state index in [4.69, 9.17) is 0 Å². The van der Waals surface area contributed by atoms with Crippen LogP contribution in [0.4, 0.5) is 11.4 Å². The van der Waals surface area contributed by atoms with Gasteiger partial charge in [-0.2, -0.15) is 0 Å². The maximum atomic E-state index is 12.7. The fraction of sp³-hybridized carbons (Fsp3) is 0.400. The molecule has 0 saturated carbocycles. The first kappa shape index (κ1) is 18.7. The number of nitrogens with zero attached hydrogens (tertiary/aromatic N) is 3. The molecule has 0 spiro atoms. The van der Waals surface area contributed by atoms with E-state index in [2.05, 4.69) is 21.5 Å². The van der Waals surface area contributed by atoms with Crippen molar-refractivity contribution in [3.8, 4) is 0 Å². The molecule has 0 aliphatic carbocycles. The highest BCUT2D eigenvalue weighted by molar-refractivity contribution is 7.90. The van der Waals surface area contributed by atoms with Crippen LogP contribution in [0, 0.1) is 5.92 Å². The zero-order valence-corrected chi connectivity index (χ0v) is 16.7. The lowest BCUT2D eigenvalue weighted by Crippen LogP contribution is -2.40. The third-order valence-corrected chi connectivity index (χ3v) is 6.53. The smallest absolute Gasteiger partial charge is 0.259 e. The van der Waals surface area contributed by atoms with Gasteiger partial charge in [0, 0.05) is 37.2 Å². The molecule has 0 unspecified atom stereocenters. The minimum atomic E-state index is -3.53. The van der Waals surface area contributed by atoms with Crippen molar-refractivity contribution in [1.29, 1.82) is 0 Å². The number of amides is 1. The molecule has 1 aromatic rings. The summed E-state index contributed by atoms with van der Waals surface area (Å²) in [6, 6.07) is 7.77. The number of piperidine rings is 1. The van der Waals surface area contributed by atoms with Gasteiger partial charge in [0.25, 0.3) is 15.9 Å². The second-order valence-electron chi connectivity index (χ2n) is 7.49. The molecular weight excluding hydrogens is 376 g/mol. The lowest BCUT2D eigenvalue weighted by molar-refractivity contribution is -0.112. The van der Waals surface area contributed by atoms with Crippen LogP contribution in [0.1, 0.15) is 19.8 Å². The number of benzene rings is 1. The molecule has 0 bridgehead atoms. The quantitative estimate of drug-likeness (QED) is 0.842. The van der Waals surface area contributed by atoms with E-state index in [1.165, 1.54) is 12.8 Å². The summed E-state index contributed by atoms with van der Waals surface area (Å²) in [5, 5.41) is 2.85. The summed E-state index contributed by atoms with van der Waals surface area (Å²) in [4.78, 5) is 16.8. The van der Waals surface area contributed by atoms with Crippen molar-refractivity contribution in [3.05, 3.63) is 48.2 Å². The summed E-state index contributed by atoms with van der Waals surface area (Å²) in [5.74, 6) is 0.542. The molecule has 7 nitrogen and oxygen atoms in total. The van der Waals surface area contributed by atoms with Gasteiger partial charge in [0.1, 0.15) is 0 Å². The van der Waals surface area contributed by atoms with Crippen LogP contribution < -0.4 is 10.2 Å². The van der Waals surface area contributed by atoms with Crippen molar-refractivity contribution >= 4 is 33.1 Å². The van der Waals surface area contributed by atoms with Crippen molar-refractivity contribution in [1.82, 2.24) is 4.90 Å². The van der Waals surface area contributed by atoms with E-state index in [0.717, 1.165) is 24.7 Å². The summed E-state index contributed by atoms with van der Waals surface area (Å²) in [5.41, 5.74) is 2.07. The molecular formula is C20H24N4O3S. The lowest BCUT2D eigenvalue weighted by atomic mass is 9.99. The number of nitrogens with one attached hydrogen (secondary N) is 1. The first-order valence-electron chi connectivity index (χ1n) is 9.56. The van der Waals surface area contributed by atoms with Gasteiger partial charge in [-0.3, -0.25) is 4.79 Å². The molecule has 4 rings (SSSR count). The monoisotopic (exact) mass is 400 g/mol. The molecule has 0 atom stereocenters. The molecule has 0 aromatic heterocycles. The van der Waals surface area contributed by atoms with Gasteiger partial charge in [-0.05, 0) is 55.2 Å². The van der Waals surface area contributed by atoms with Gasteiger partial charge in [-0.25, -0.2) is 8.42 Å². The standard InChI is InChI=1S/C20H24N4O3S/c1-15-8-11-23(12-9-15)17-6-4-16(5-7-17)21-20(25)18-3-2-10-24-13-14-28(26,27)22-19(18)24/h2-7,10,15H,8-9,11-14H2,1H3,(H,21,25). The minimum absolute atomic E-state index is 0.0491. The van der Waals surface area contributed by atoms with Crippen LogP contribution in [-0.2, 0) is 14.8 Å². The topological polar surface area (TPSA) is 82.1 Å². The summed E-state index contributed by atoms with van der Waals surface area (Å²) in [6.45, 7) is 4.69. The van der Waals surface area contributed by atoms with Crippen molar-refractivity contribution in [2.45, 2.75) is 19.8 Å². The summed E-state index contributed by atoms with van der Waals surface area (Å²) < 4.78 is 27.5.